The Morgan fingerprint density at radius 2 is 1.84 bits per heavy atom. The number of rotatable bonds is 2. The highest BCUT2D eigenvalue weighted by Crippen LogP contribution is 2.38. The van der Waals surface area contributed by atoms with Crippen LogP contribution in [0.5, 0.6) is 0 Å². The van der Waals surface area contributed by atoms with Crippen LogP contribution in [0, 0.1) is 0 Å². The second-order valence-electron chi connectivity index (χ2n) is 8.81. The molecule has 0 aliphatic carbocycles. The summed E-state index contributed by atoms with van der Waals surface area (Å²) in [4.78, 5) is 7.04. The average Bonchev–Trinajstić information content (AvgIpc) is 2.75. The predicted molar refractivity (Wildman–Crippen MR) is 102 cm³/mol. The molecule has 25 heavy (non-hydrogen) atoms. The molecular weight excluding hydrogens is 311 g/mol. The molecule has 1 aromatic heterocycles. The lowest BCUT2D eigenvalue weighted by atomic mass is 9.78. The van der Waals surface area contributed by atoms with Gasteiger partial charge < -0.3 is 9.31 Å². The molecule has 3 aliphatic heterocycles. The third-order valence-electron chi connectivity index (χ3n) is 6.64. The first-order valence-electron chi connectivity index (χ1n) is 9.50. The van der Waals surface area contributed by atoms with E-state index < -0.39 is 0 Å². The van der Waals surface area contributed by atoms with Crippen molar-refractivity contribution in [2.24, 2.45) is 0 Å². The smallest absolute Gasteiger partial charge is 0.399 e. The summed E-state index contributed by atoms with van der Waals surface area (Å²) in [6, 6.07) is 3.45. The van der Waals surface area contributed by atoms with E-state index in [1.165, 1.54) is 30.4 Å². The van der Waals surface area contributed by atoms with Gasteiger partial charge in [-0.15, -0.1) is 0 Å². The third kappa shape index (κ3) is 2.96. The highest BCUT2D eigenvalue weighted by molar-refractivity contribution is 6.62. The van der Waals surface area contributed by atoms with E-state index in [1.807, 2.05) is 12.4 Å². The molecule has 0 amide bonds. The van der Waals surface area contributed by atoms with E-state index in [9.17, 15) is 0 Å². The molecule has 2 bridgehead atoms. The summed E-state index contributed by atoms with van der Waals surface area (Å²) in [5.41, 5.74) is 3.02. The van der Waals surface area contributed by atoms with Crippen molar-refractivity contribution in [2.45, 2.75) is 76.7 Å². The molecule has 2 fully saturated rings. The van der Waals surface area contributed by atoms with Gasteiger partial charge in [-0.2, -0.15) is 0 Å². The van der Waals surface area contributed by atoms with Crippen molar-refractivity contribution >= 4 is 18.2 Å². The normalized spacial score (nSPS) is 31.1. The second-order valence-corrected chi connectivity index (χ2v) is 8.81. The minimum atomic E-state index is -0.344. The topological polar surface area (TPSA) is 34.6 Å². The summed E-state index contributed by atoms with van der Waals surface area (Å²) in [7, 11) is 1.92. The summed E-state index contributed by atoms with van der Waals surface area (Å²) < 4.78 is 12.4. The standard InChI is InChI=1S/C20H29BN2O2/c1-19(2)20(3,4)25-21(24-19)16-9-15(12-22-13-16)14-10-17-7-6-8-18(11-14)23(17)5/h9-10,12-13,17-18H,6-8,11H2,1-5H3. The Morgan fingerprint density at radius 1 is 1.12 bits per heavy atom. The van der Waals surface area contributed by atoms with Crippen LogP contribution in [0.2, 0.25) is 0 Å². The lowest BCUT2D eigenvalue weighted by molar-refractivity contribution is 0.00578. The second kappa shape index (κ2) is 5.93. The van der Waals surface area contributed by atoms with Gasteiger partial charge in [-0.25, -0.2) is 0 Å². The maximum absolute atomic E-state index is 6.19. The Hall–Kier alpha value is -1.17. The van der Waals surface area contributed by atoms with E-state index in [2.05, 4.69) is 56.8 Å². The summed E-state index contributed by atoms with van der Waals surface area (Å²) in [5.74, 6) is 0. The van der Waals surface area contributed by atoms with E-state index in [0.717, 1.165) is 11.9 Å². The van der Waals surface area contributed by atoms with Crippen molar-refractivity contribution in [3.05, 3.63) is 30.1 Å². The van der Waals surface area contributed by atoms with Gasteiger partial charge in [-0.3, -0.25) is 9.88 Å². The lowest BCUT2D eigenvalue weighted by Gasteiger charge is -2.42. The third-order valence-corrected chi connectivity index (χ3v) is 6.64. The number of likely N-dealkylation sites (N-methyl/N-ethyl adjacent to an activating group) is 1. The Bertz CT molecular complexity index is 685. The summed E-state index contributed by atoms with van der Waals surface area (Å²) in [6.45, 7) is 8.35. The van der Waals surface area contributed by atoms with E-state index >= 15 is 0 Å². The molecule has 4 heterocycles. The zero-order valence-electron chi connectivity index (χ0n) is 16.1. The quantitative estimate of drug-likeness (QED) is 0.775. The molecule has 0 aromatic carbocycles. The van der Waals surface area contributed by atoms with E-state index in [4.69, 9.17) is 9.31 Å². The van der Waals surface area contributed by atoms with Crippen molar-refractivity contribution in [3.63, 3.8) is 0 Å². The van der Waals surface area contributed by atoms with Crippen LogP contribution in [-0.4, -0.2) is 47.3 Å². The zero-order chi connectivity index (χ0) is 17.8. The van der Waals surface area contributed by atoms with Crippen LogP contribution >= 0.6 is 0 Å². The predicted octanol–water partition coefficient (Wildman–Crippen LogP) is 3.02. The van der Waals surface area contributed by atoms with Crippen LogP contribution in [0.15, 0.2) is 24.5 Å². The van der Waals surface area contributed by atoms with Crippen LogP contribution in [0.4, 0.5) is 0 Å². The summed E-state index contributed by atoms with van der Waals surface area (Å²) in [6.07, 6.45) is 11.3. The number of pyridine rings is 1. The summed E-state index contributed by atoms with van der Waals surface area (Å²) >= 11 is 0. The molecule has 0 radical (unpaired) electrons. The fraction of sp³-hybridized carbons (Fsp3) is 0.650. The van der Waals surface area contributed by atoms with Gasteiger partial charge in [0.15, 0.2) is 0 Å². The van der Waals surface area contributed by atoms with Gasteiger partial charge >= 0.3 is 7.12 Å². The van der Waals surface area contributed by atoms with Crippen LogP contribution in [0.25, 0.3) is 5.57 Å². The highest BCUT2D eigenvalue weighted by atomic mass is 16.7. The fourth-order valence-electron chi connectivity index (χ4n) is 4.20. The summed E-state index contributed by atoms with van der Waals surface area (Å²) in [5, 5.41) is 0. The Balaban J connectivity index is 1.61. The zero-order valence-corrected chi connectivity index (χ0v) is 16.1. The number of aromatic nitrogens is 1. The van der Waals surface area contributed by atoms with Gasteiger partial charge in [-0.05, 0) is 65.1 Å². The number of hydrogen-bond acceptors (Lipinski definition) is 4. The first-order chi connectivity index (χ1) is 11.8. The van der Waals surface area contributed by atoms with Crippen LogP contribution in [0.1, 0.15) is 58.9 Å². The first-order valence-corrected chi connectivity index (χ1v) is 9.50. The van der Waals surface area contributed by atoms with Crippen molar-refractivity contribution in [2.75, 3.05) is 7.05 Å². The monoisotopic (exact) mass is 340 g/mol. The van der Waals surface area contributed by atoms with Gasteiger partial charge in [0.25, 0.3) is 0 Å². The van der Waals surface area contributed by atoms with Crippen LogP contribution in [-0.2, 0) is 9.31 Å². The maximum atomic E-state index is 6.19. The largest absolute Gasteiger partial charge is 0.496 e. The molecule has 4 nitrogen and oxygen atoms in total. The molecule has 2 saturated heterocycles. The van der Waals surface area contributed by atoms with Gasteiger partial charge in [0, 0.05) is 29.9 Å². The molecule has 4 rings (SSSR count). The van der Waals surface area contributed by atoms with Crippen molar-refractivity contribution in [1.82, 2.24) is 9.88 Å². The lowest BCUT2D eigenvalue weighted by Crippen LogP contribution is -2.45. The molecule has 2 atom stereocenters. The van der Waals surface area contributed by atoms with E-state index in [-0.39, 0.29) is 18.3 Å². The van der Waals surface area contributed by atoms with Gasteiger partial charge in [0.1, 0.15) is 0 Å². The fourth-order valence-corrected chi connectivity index (χ4v) is 4.20. The van der Waals surface area contributed by atoms with Crippen LogP contribution in [0.3, 0.4) is 0 Å². The molecule has 3 aliphatic rings. The van der Waals surface area contributed by atoms with Gasteiger partial charge in [-0.1, -0.05) is 18.6 Å². The highest BCUT2D eigenvalue weighted by Gasteiger charge is 2.51. The van der Waals surface area contributed by atoms with Crippen molar-refractivity contribution in [3.8, 4) is 0 Å². The molecule has 0 spiro atoms. The van der Waals surface area contributed by atoms with E-state index in [1.54, 1.807) is 0 Å². The number of piperidine rings is 1. The van der Waals surface area contributed by atoms with Crippen molar-refractivity contribution < 1.29 is 9.31 Å². The molecule has 1 aromatic rings. The first kappa shape index (κ1) is 17.3. The molecule has 2 unspecified atom stereocenters. The van der Waals surface area contributed by atoms with Gasteiger partial charge in [0.2, 0.25) is 0 Å². The van der Waals surface area contributed by atoms with E-state index in [0.29, 0.717) is 12.1 Å². The number of fused-ring (bicyclic) bond motifs is 2. The number of hydrogen-bond donors (Lipinski definition) is 0. The molecular formula is C20H29BN2O2. The van der Waals surface area contributed by atoms with Gasteiger partial charge in [0.05, 0.1) is 11.2 Å². The molecule has 0 N–H and O–H groups in total. The average molecular weight is 340 g/mol. The molecule has 5 heteroatoms. The maximum Gasteiger partial charge on any atom is 0.496 e. The minimum absolute atomic E-state index is 0.322. The van der Waals surface area contributed by atoms with Crippen LogP contribution < -0.4 is 5.46 Å². The Kier molecular flexibility index (Phi) is 4.10. The molecule has 0 saturated carbocycles. The Morgan fingerprint density at radius 3 is 2.52 bits per heavy atom. The molecule has 134 valence electrons. The number of nitrogens with zero attached hydrogens (tertiary/aromatic N) is 2. The van der Waals surface area contributed by atoms with Crippen molar-refractivity contribution in [1.29, 1.82) is 0 Å². The minimum Gasteiger partial charge on any atom is -0.399 e. The Labute approximate surface area is 151 Å². The SMILES string of the molecule is CN1C2C=C(c3cncc(B4OC(C)(C)C(C)(C)O4)c3)CC1CCC2.